The maximum atomic E-state index is 13.2. The number of nitrogens with zero attached hydrogens (tertiary/aromatic N) is 2. The fraction of sp³-hybridized carbons (Fsp3) is 0.211. The van der Waals surface area contributed by atoms with Crippen LogP contribution < -0.4 is 5.32 Å². The lowest BCUT2D eigenvalue weighted by atomic mass is 10.1. The van der Waals surface area contributed by atoms with Gasteiger partial charge < -0.3 is 9.84 Å². The molecular weight excluding hydrogens is 340 g/mol. The van der Waals surface area contributed by atoms with Crippen molar-refractivity contribution in [3.05, 3.63) is 71.6 Å². The van der Waals surface area contributed by atoms with Crippen LogP contribution in [0.25, 0.3) is 11.4 Å². The molecule has 0 spiro atoms. The van der Waals surface area contributed by atoms with Crippen molar-refractivity contribution in [1.82, 2.24) is 15.5 Å². The van der Waals surface area contributed by atoms with E-state index < -0.39 is 0 Å². The van der Waals surface area contributed by atoms with Gasteiger partial charge >= 0.3 is 0 Å². The largest absolute Gasteiger partial charge is 0.350 e. The van der Waals surface area contributed by atoms with Crippen molar-refractivity contribution >= 4 is 5.91 Å². The molecule has 0 radical (unpaired) electrons. The molecule has 0 saturated heterocycles. The van der Waals surface area contributed by atoms with Gasteiger partial charge in [0.15, 0.2) is 0 Å². The van der Waals surface area contributed by atoms with Crippen LogP contribution in [0.2, 0.25) is 0 Å². The normalized spacial score (nSPS) is 12.0. The molecule has 3 rings (SSSR count). The van der Waals surface area contributed by atoms with E-state index in [4.69, 9.17) is 4.52 Å². The summed E-state index contributed by atoms with van der Waals surface area (Å²) in [4.78, 5) is 16.2. The van der Waals surface area contributed by atoms with Crippen LogP contribution in [-0.4, -0.2) is 16.0 Å². The van der Waals surface area contributed by atoms with Crippen molar-refractivity contribution < 1.29 is 18.1 Å². The number of hydrogen-bond acceptors (Lipinski definition) is 4. The molecule has 2 aromatic carbocycles. The van der Waals surface area contributed by atoms with Crippen LogP contribution in [-0.2, 0) is 11.2 Å². The summed E-state index contributed by atoms with van der Waals surface area (Å²) in [5.74, 6) is -0.318. The summed E-state index contributed by atoms with van der Waals surface area (Å²) in [6, 6.07) is 11.6. The first kappa shape index (κ1) is 17.7. The highest BCUT2D eigenvalue weighted by Crippen LogP contribution is 2.17. The SMILES string of the molecule is C[C@H](NC(=O)CCc1nc(-c2cccc(F)c2)no1)c1ccc(F)cc1. The molecule has 1 amide bonds. The summed E-state index contributed by atoms with van der Waals surface area (Å²) < 4.78 is 31.3. The van der Waals surface area contributed by atoms with Gasteiger partial charge in [0.05, 0.1) is 6.04 Å². The molecule has 0 saturated carbocycles. The molecule has 1 N–H and O–H groups in total. The summed E-state index contributed by atoms with van der Waals surface area (Å²) in [5.41, 5.74) is 1.32. The van der Waals surface area contributed by atoms with E-state index in [1.807, 2.05) is 6.92 Å². The number of nitrogens with one attached hydrogen (secondary N) is 1. The summed E-state index contributed by atoms with van der Waals surface area (Å²) in [5, 5.41) is 6.63. The predicted octanol–water partition coefficient (Wildman–Crippen LogP) is 3.82. The number of aryl methyl sites for hydroxylation is 1. The van der Waals surface area contributed by atoms with E-state index in [0.717, 1.165) is 5.56 Å². The fourth-order valence-electron chi connectivity index (χ4n) is 2.47. The Morgan fingerprint density at radius 2 is 1.92 bits per heavy atom. The van der Waals surface area contributed by atoms with Crippen molar-refractivity contribution in [2.24, 2.45) is 0 Å². The topological polar surface area (TPSA) is 68.0 Å². The number of aromatic nitrogens is 2. The van der Waals surface area contributed by atoms with Gasteiger partial charge in [-0.05, 0) is 36.8 Å². The van der Waals surface area contributed by atoms with E-state index in [-0.39, 0.29) is 42.2 Å². The van der Waals surface area contributed by atoms with Crippen LogP contribution in [0.3, 0.4) is 0 Å². The standard InChI is InChI=1S/C19H17F2N3O2/c1-12(13-5-7-15(20)8-6-13)22-17(25)9-10-18-23-19(24-26-18)14-3-2-4-16(21)11-14/h2-8,11-12H,9-10H2,1H3,(H,22,25)/t12-/m0/s1. The maximum Gasteiger partial charge on any atom is 0.227 e. The summed E-state index contributed by atoms with van der Waals surface area (Å²) in [6.07, 6.45) is 0.431. The van der Waals surface area contributed by atoms with E-state index in [0.29, 0.717) is 11.5 Å². The van der Waals surface area contributed by atoms with Crippen LogP contribution in [0.15, 0.2) is 53.1 Å². The number of rotatable bonds is 6. The van der Waals surface area contributed by atoms with Crippen LogP contribution in [0.4, 0.5) is 8.78 Å². The first-order valence-corrected chi connectivity index (χ1v) is 8.14. The van der Waals surface area contributed by atoms with Gasteiger partial charge in [-0.2, -0.15) is 4.98 Å². The van der Waals surface area contributed by atoms with Crippen molar-refractivity contribution in [1.29, 1.82) is 0 Å². The lowest BCUT2D eigenvalue weighted by molar-refractivity contribution is -0.121. The summed E-state index contributed by atoms with van der Waals surface area (Å²) in [6.45, 7) is 1.82. The number of carbonyl (C=O) groups excluding carboxylic acids is 1. The Kier molecular flexibility index (Phi) is 5.36. The molecule has 134 valence electrons. The minimum absolute atomic E-state index is 0.163. The molecule has 0 fully saturated rings. The molecular formula is C19H17F2N3O2. The number of carbonyl (C=O) groups is 1. The predicted molar refractivity (Wildman–Crippen MR) is 91.0 cm³/mol. The van der Waals surface area contributed by atoms with Crippen molar-refractivity contribution in [3.8, 4) is 11.4 Å². The Morgan fingerprint density at radius 1 is 1.15 bits per heavy atom. The molecule has 0 unspecified atom stereocenters. The number of halogens is 2. The Labute approximate surface area is 149 Å². The van der Waals surface area contributed by atoms with Gasteiger partial charge in [0.25, 0.3) is 0 Å². The van der Waals surface area contributed by atoms with Gasteiger partial charge in [-0.3, -0.25) is 4.79 Å². The third-order valence-corrected chi connectivity index (χ3v) is 3.86. The van der Waals surface area contributed by atoms with E-state index in [1.165, 1.54) is 24.3 Å². The minimum atomic E-state index is -0.386. The zero-order valence-corrected chi connectivity index (χ0v) is 14.1. The second kappa shape index (κ2) is 7.86. The average molecular weight is 357 g/mol. The zero-order valence-electron chi connectivity index (χ0n) is 14.1. The Hall–Kier alpha value is -3.09. The first-order valence-electron chi connectivity index (χ1n) is 8.14. The summed E-state index contributed by atoms with van der Waals surface area (Å²) >= 11 is 0. The van der Waals surface area contributed by atoms with Gasteiger partial charge in [-0.1, -0.05) is 29.4 Å². The van der Waals surface area contributed by atoms with E-state index >= 15 is 0 Å². The molecule has 3 aromatic rings. The van der Waals surface area contributed by atoms with Gasteiger partial charge in [0.1, 0.15) is 11.6 Å². The van der Waals surface area contributed by atoms with E-state index in [2.05, 4.69) is 15.5 Å². The van der Waals surface area contributed by atoms with Crippen LogP contribution in [0, 0.1) is 11.6 Å². The molecule has 5 nitrogen and oxygen atoms in total. The fourth-order valence-corrected chi connectivity index (χ4v) is 2.47. The lowest BCUT2D eigenvalue weighted by Crippen LogP contribution is -2.26. The van der Waals surface area contributed by atoms with E-state index in [9.17, 15) is 13.6 Å². The maximum absolute atomic E-state index is 13.2. The number of hydrogen-bond donors (Lipinski definition) is 1. The molecule has 0 bridgehead atoms. The number of amides is 1. The highest BCUT2D eigenvalue weighted by Gasteiger charge is 2.13. The van der Waals surface area contributed by atoms with Crippen molar-refractivity contribution in [2.45, 2.75) is 25.8 Å². The first-order chi connectivity index (χ1) is 12.5. The molecule has 0 aliphatic carbocycles. The highest BCUT2D eigenvalue weighted by atomic mass is 19.1. The molecule has 0 aliphatic heterocycles. The molecule has 7 heteroatoms. The second-order valence-electron chi connectivity index (χ2n) is 5.86. The van der Waals surface area contributed by atoms with Gasteiger partial charge in [0, 0.05) is 18.4 Å². The third-order valence-electron chi connectivity index (χ3n) is 3.86. The second-order valence-corrected chi connectivity index (χ2v) is 5.86. The quantitative estimate of drug-likeness (QED) is 0.728. The Morgan fingerprint density at radius 3 is 2.65 bits per heavy atom. The third kappa shape index (κ3) is 4.50. The van der Waals surface area contributed by atoms with Crippen molar-refractivity contribution in [2.75, 3.05) is 0 Å². The molecule has 1 heterocycles. The summed E-state index contributed by atoms with van der Waals surface area (Å²) in [7, 11) is 0. The van der Waals surface area contributed by atoms with Crippen LogP contribution in [0.5, 0.6) is 0 Å². The smallest absolute Gasteiger partial charge is 0.227 e. The molecule has 0 aliphatic rings. The average Bonchev–Trinajstić information content (AvgIpc) is 3.09. The number of benzene rings is 2. The van der Waals surface area contributed by atoms with Gasteiger partial charge in [-0.25, -0.2) is 8.78 Å². The monoisotopic (exact) mass is 357 g/mol. The Balaban J connectivity index is 1.54. The van der Waals surface area contributed by atoms with Crippen LogP contribution in [0.1, 0.15) is 30.8 Å². The molecule has 1 aromatic heterocycles. The molecule has 26 heavy (non-hydrogen) atoms. The van der Waals surface area contributed by atoms with Gasteiger partial charge in [-0.15, -0.1) is 0 Å². The van der Waals surface area contributed by atoms with E-state index in [1.54, 1.807) is 24.3 Å². The lowest BCUT2D eigenvalue weighted by Gasteiger charge is -2.13. The zero-order chi connectivity index (χ0) is 18.5. The highest BCUT2D eigenvalue weighted by molar-refractivity contribution is 5.76. The van der Waals surface area contributed by atoms with Gasteiger partial charge in [0.2, 0.25) is 17.6 Å². The minimum Gasteiger partial charge on any atom is -0.350 e. The van der Waals surface area contributed by atoms with Crippen molar-refractivity contribution in [3.63, 3.8) is 0 Å². The molecule has 1 atom stereocenters. The Bertz CT molecular complexity index is 894. The van der Waals surface area contributed by atoms with Crippen LogP contribution >= 0.6 is 0 Å².